The van der Waals surface area contributed by atoms with Crippen molar-refractivity contribution in [3.8, 4) is 16.9 Å². The quantitative estimate of drug-likeness (QED) is 0.787. The number of aliphatic hydroxyl groups is 1. The summed E-state index contributed by atoms with van der Waals surface area (Å²) in [4.78, 5) is 8.91. The maximum Gasteiger partial charge on any atom is 0.283 e. The Morgan fingerprint density at radius 2 is 2.07 bits per heavy atom. The van der Waals surface area contributed by atoms with Crippen molar-refractivity contribution in [3.05, 3.63) is 47.2 Å². The summed E-state index contributed by atoms with van der Waals surface area (Å²) >= 11 is 6.11. The Labute approximate surface area is 162 Å². The van der Waals surface area contributed by atoms with Crippen LogP contribution < -0.4 is 10.5 Å². The number of hydrogen-bond donors (Lipinski definition) is 2. The highest BCUT2D eigenvalue weighted by atomic mass is 35.5. The molecule has 0 radical (unpaired) electrons. The molecule has 27 heavy (non-hydrogen) atoms. The average molecular weight is 386 g/mol. The fraction of sp³-hybridized carbons (Fsp3) is 0.400. The van der Waals surface area contributed by atoms with Crippen LogP contribution in [0.25, 0.3) is 11.1 Å². The fourth-order valence-electron chi connectivity index (χ4n) is 4.62. The van der Waals surface area contributed by atoms with Gasteiger partial charge in [0, 0.05) is 29.4 Å². The number of benzene rings is 1. The Hall–Kier alpha value is -2.31. The molecule has 3 N–H and O–H groups in total. The Bertz CT molecular complexity index is 934. The van der Waals surface area contributed by atoms with Gasteiger partial charge in [-0.05, 0) is 43.0 Å². The molecule has 4 atom stereocenters. The first-order valence-electron chi connectivity index (χ1n) is 9.13. The Morgan fingerprint density at radius 3 is 2.85 bits per heavy atom. The lowest BCUT2D eigenvalue weighted by Crippen LogP contribution is -2.51. The highest BCUT2D eigenvalue weighted by Gasteiger charge is 2.55. The first-order valence-corrected chi connectivity index (χ1v) is 9.51. The molecule has 3 aliphatic rings. The summed E-state index contributed by atoms with van der Waals surface area (Å²) in [6, 6.07) is 8.10. The van der Waals surface area contributed by atoms with Crippen LogP contribution in [0.1, 0.15) is 24.8 Å². The molecule has 1 aromatic carbocycles. The predicted octanol–water partition coefficient (Wildman–Crippen LogP) is 2.86. The number of nitrogens with two attached hydrogens (primary N) is 1. The smallest absolute Gasteiger partial charge is 0.283 e. The number of fused-ring (bicyclic) bond motifs is 4. The molecule has 1 aliphatic carbocycles. The van der Waals surface area contributed by atoms with Crippen molar-refractivity contribution >= 4 is 17.6 Å². The lowest BCUT2D eigenvalue weighted by molar-refractivity contribution is -0.0359. The Morgan fingerprint density at radius 1 is 1.19 bits per heavy atom. The molecule has 140 valence electrons. The van der Waals surface area contributed by atoms with Crippen LogP contribution in [0, 0.1) is 5.92 Å². The molecule has 1 fully saturated rings. The monoisotopic (exact) mass is 385 g/mol. The topological polar surface area (TPSA) is 90.0 Å². The minimum Gasteiger partial charge on any atom is -0.490 e. The highest BCUT2D eigenvalue weighted by molar-refractivity contribution is 6.30. The summed E-state index contributed by atoms with van der Waals surface area (Å²) in [5.41, 5.74) is 8.12. The number of aromatic nitrogens is 1. The standard InChI is InChI=1S/C20H20ClN3O3/c21-13-5-12(8-23-9-13)11-1-3-17-15(6-11)20(10-26-19(22)24-20)16-7-14(25)2-4-18(16)27-17/h1,3,5-6,8-9,14,16,18,25H,2,4,7,10H2,(H2,22,24)/t14?,16-,18+,20?/m1/s1. The number of ether oxygens (including phenoxy) is 2. The summed E-state index contributed by atoms with van der Waals surface area (Å²) in [5, 5.41) is 10.9. The Kier molecular flexibility index (Phi) is 3.81. The van der Waals surface area contributed by atoms with E-state index in [1.807, 2.05) is 18.2 Å². The van der Waals surface area contributed by atoms with E-state index >= 15 is 0 Å². The maximum absolute atomic E-state index is 10.3. The van der Waals surface area contributed by atoms with E-state index in [4.69, 9.17) is 31.8 Å². The van der Waals surface area contributed by atoms with Gasteiger partial charge in [-0.15, -0.1) is 0 Å². The van der Waals surface area contributed by atoms with Crippen molar-refractivity contribution in [2.75, 3.05) is 6.61 Å². The molecule has 5 rings (SSSR count). The van der Waals surface area contributed by atoms with Crippen molar-refractivity contribution in [1.29, 1.82) is 0 Å². The molecule has 1 saturated carbocycles. The van der Waals surface area contributed by atoms with Gasteiger partial charge in [-0.3, -0.25) is 4.98 Å². The second kappa shape index (κ2) is 6.11. The molecular formula is C20H20ClN3O3. The molecule has 1 aromatic heterocycles. The van der Waals surface area contributed by atoms with E-state index in [9.17, 15) is 5.11 Å². The highest BCUT2D eigenvalue weighted by Crippen LogP contribution is 2.53. The van der Waals surface area contributed by atoms with E-state index in [-0.39, 0.29) is 24.1 Å². The number of aliphatic imine (C=N–C) groups is 1. The number of aliphatic hydroxyl groups excluding tert-OH is 1. The number of rotatable bonds is 1. The first kappa shape index (κ1) is 16.8. The lowest BCUT2D eigenvalue weighted by Gasteiger charge is -2.47. The zero-order valence-corrected chi connectivity index (χ0v) is 15.4. The molecular weight excluding hydrogens is 366 g/mol. The summed E-state index contributed by atoms with van der Waals surface area (Å²) in [6.07, 6.45) is 5.18. The van der Waals surface area contributed by atoms with Gasteiger partial charge in [0.25, 0.3) is 6.02 Å². The summed E-state index contributed by atoms with van der Waals surface area (Å²) in [6.45, 7) is 0.361. The molecule has 0 saturated heterocycles. The fourth-order valence-corrected chi connectivity index (χ4v) is 4.79. The van der Waals surface area contributed by atoms with Crippen molar-refractivity contribution in [2.24, 2.45) is 16.6 Å². The second-order valence-corrected chi connectivity index (χ2v) is 7.93. The molecule has 7 heteroatoms. The summed E-state index contributed by atoms with van der Waals surface area (Å²) in [7, 11) is 0. The van der Waals surface area contributed by atoms with Crippen LogP contribution in [0.3, 0.4) is 0 Å². The third-order valence-corrected chi connectivity index (χ3v) is 6.09. The largest absolute Gasteiger partial charge is 0.490 e. The second-order valence-electron chi connectivity index (χ2n) is 7.50. The van der Waals surface area contributed by atoms with Gasteiger partial charge in [0.15, 0.2) is 0 Å². The van der Waals surface area contributed by atoms with Crippen LogP contribution in [0.2, 0.25) is 5.02 Å². The van der Waals surface area contributed by atoms with E-state index < -0.39 is 5.54 Å². The predicted molar refractivity (Wildman–Crippen MR) is 102 cm³/mol. The lowest BCUT2D eigenvalue weighted by atomic mass is 9.67. The SMILES string of the molecule is NC1=NC2(CO1)c1cc(-c3cncc(Cl)c3)ccc1O[C@H]1CCC(O)C[C@H]12. The van der Waals surface area contributed by atoms with Crippen LogP contribution in [-0.2, 0) is 10.3 Å². The molecule has 6 nitrogen and oxygen atoms in total. The number of halogens is 1. The summed E-state index contributed by atoms with van der Waals surface area (Å²) in [5.74, 6) is 0.816. The van der Waals surface area contributed by atoms with Crippen LogP contribution in [-0.4, -0.2) is 34.9 Å². The van der Waals surface area contributed by atoms with Crippen molar-refractivity contribution in [3.63, 3.8) is 0 Å². The first-order chi connectivity index (χ1) is 13.0. The van der Waals surface area contributed by atoms with Gasteiger partial charge in [-0.1, -0.05) is 17.7 Å². The molecule has 2 aliphatic heterocycles. The van der Waals surface area contributed by atoms with Crippen molar-refractivity contribution < 1.29 is 14.6 Å². The third-order valence-electron chi connectivity index (χ3n) is 5.88. The average Bonchev–Trinajstić information content (AvgIpc) is 3.05. The molecule has 2 aromatic rings. The third kappa shape index (κ3) is 2.66. The number of amidine groups is 1. The molecule has 0 amide bonds. The van der Waals surface area contributed by atoms with Gasteiger partial charge >= 0.3 is 0 Å². The van der Waals surface area contributed by atoms with E-state index in [1.165, 1.54) is 0 Å². The normalized spacial score (nSPS) is 31.5. The van der Waals surface area contributed by atoms with E-state index in [0.717, 1.165) is 35.3 Å². The number of pyridine rings is 1. The summed E-state index contributed by atoms with van der Waals surface area (Å²) < 4.78 is 11.9. The van der Waals surface area contributed by atoms with Gasteiger partial charge in [-0.2, -0.15) is 0 Å². The van der Waals surface area contributed by atoms with Crippen LogP contribution >= 0.6 is 11.6 Å². The minimum absolute atomic E-state index is 0.00200. The van der Waals surface area contributed by atoms with Gasteiger partial charge in [-0.25, -0.2) is 4.99 Å². The number of hydrogen-bond acceptors (Lipinski definition) is 6. The Balaban J connectivity index is 1.66. The minimum atomic E-state index is -0.633. The van der Waals surface area contributed by atoms with E-state index in [1.54, 1.807) is 12.4 Å². The molecule has 1 spiro atoms. The van der Waals surface area contributed by atoms with E-state index in [2.05, 4.69) is 11.1 Å². The van der Waals surface area contributed by atoms with Crippen LogP contribution in [0.5, 0.6) is 5.75 Å². The van der Waals surface area contributed by atoms with Gasteiger partial charge < -0.3 is 20.3 Å². The number of nitrogens with zero attached hydrogens (tertiary/aromatic N) is 2. The molecule has 0 bridgehead atoms. The van der Waals surface area contributed by atoms with Crippen LogP contribution in [0.15, 0.2) is 41.7 Å². The zero-order valence-electron chi connectivity index (χ0n) is 14.6. The van der Waals surface area contributed by atoms with Gasteiger partial charge in [0.1, 0.15) is 24.0 Å². The van der Waals surface area contributed by atoms with Crippen molar-refractivity contribution in [1.82, 2.24) is 4.98 Å². The maximum atomic E-state index is 10.3. The van der Waals surface area contributed by atoms with Gasteiger partial charge in [0.2, 0.25) is 0 Å². The van der Waals surface area contributed by atoms with E-state index in [0.29, 0.717) is 18.1 Å². The van der Waals surface area contributed by atoms with Gasteiger partial charge in [0.05, 0.1) is 11.1 Å². The molecule has 3 heterocycles. The van der Waals surface area contributed by atoms with Crippen LogP contribution in [0.4, 0.5) is 0 Å². The molecule has 2 unspecified atom stereocenters. The zero-order chi connectivity index (χ0) is 18.6. The van der Waals surface area contributed by atoms with Crippen molar-refractivity contribution in [2.45, 2.75) is 37.0 Å².